The van der Waals surface area contributed by atoms with E-state index in [2.05, 4.69) is 22.6 Å². The molecule has 1 aliphatic heterocycles. The molecule has 1 aliphatic rings. The molecule has 1 fully saturated rings. The van der Waals surface area contributed by atoms with Crippen LogP contribution in [0.5, 0.6) is 0 Å². The van der Waals surface area contributed by atoms with Gasteiger partial charge in [-0.05, 0) is 57.2 Å². The van der Waals surface area contributed by atoms with Crippen molar-refractivity contribution in [3.63, 3.8) is 0 Å². The lowest BCUT2D eigenvalue weighted by Crippen LogP contribution is -2.36. The van der Waals surface area contributed by atoms with E-state index in [4.69, 9.17) is 0 Å². The van der Waals surface area contributed by atoms with Crippen LogP contribution in [0, 0.1) is 0 Å². The first-order valence-electron chi connectivity index (χ1n) is 6.46. The van der Waals surface area contributed by atoms with E-state index in [0.717, 1.165) is 24.5 Å². The molecule has 0 bridgehead atoms. The normalized spacial score (nSPS) is 17.4. The summed E-state index contributed by atoms with van der Waals surface area (Å²) < 4.78 is 0. The Morgan fingerprint density at radius 2 is 1.72 bits per heavy atom. The molecule has 1 aromatic carbocycles. The molecule has 98 valence electrons. The highest BCUT2D eigenvalue weighted by molar-refractivity contribution is 5.88. The number of rotatable bonds is 3. The van der Waals surface area contributed by atoms with Gasteiger partial charge in [-0.2, -0.15) is 0 Å². The van der Waals surface area contributed by atoms with Crippen LogP contribution in [0.25, 0.3) is 0 Å². The van der Waals surface area contributed by atoms with E-state index < -0.39 is 0 Å². The average Bonchev–Trinajstić information content (AvgIpc) is 2.34. The quantitative estimate of drug-likeness (QED) is 0.860. The fraction of sp³-hybridized carbons (Fsp3) is 0.500. The van der Waals surface area contributed by atoms with Crippen molar-refractivity contribution in [2.45, 2.75) is 25.8 Å². The predicted octanol–water partition coefficient (Wildman–Crippen LogP) is 2.15. The zero-order valence-corrected chi connectivity index (χ0v) is 11.1. The molecular weight excluding hydrogens is 226 g/mol. The van der Waals surface area contributed by atoms with Crippen LogP contribution in [0.4, 0.5) is 11.4 Å². The summed E-state index contributed by atoms with van der Waals surface area (Å²) in [6, 6.07) is 8.46. The molecular formula is C14H21N3O. The van der Waals surface area contributed by atoms with Crippen LogP contribution in [0.3, 0.4) is 0 Å². The third kappa shape index (κ3) is 3.74. The predicted molar refractivity (Wildman–Crippen MR) is 74.9 cm³/mol. The number of amides is 1. The minimum atomic E-state index is -0.0361. The average molecular weight is 247 g/mol. The summed E-state index contributed by atoms with van der Waals surface area (Å²) in [5.41, 5.74) is 1.97. The second-order valence-electron chi connectivity index (χ2n) is 4.98. The van der Waals surface area contributed by atoms with Crippen molar-refractivity contribution in [2.24, 2.45) is 0 Å². The first-order chi connectivity index (χ1) is 8.63. The second-order valence-corrected chi connectivity index (χ2v) is 4.98. The first-order valence-corrected chi connectivity index (χ1v) is 6.46. The summed E-state index contributed by atoms with van der Waals surface area (Å²) in [5, 5.41) is 6.31. The topological polar surface area (TPSA) is 44.4 Å². The zero-order chi connectivity index (χ0) is 13.0. The number of hydrogen-bond acceptors (Lipinski definition) is 3. The maximum absolute atomic E-state index is 10.9. The molecule has 4 heteroatoms. The number of carbonyl (C=O) groups excluding carboxylic acids is 1. The van der Waals surface area contributed by atoms with Gasteiger partial charge in [-0.3, -0.25) is 4.79 Å². The van der Waals surface area contributed by atoms with Gasteiger partial charge in [-0.25, -0.2) is 0 Å². The molecule has 1 aromatic rings. The Balaban J connectivity index is 1.88. The Morgan fingerprint density at radius 1 is 1.17 bits per heavy atom. The van der Waals surface area contributed by atoms with Gasteiger partial charge in [-0.15, -0.1) is 0 Å². The molecule has 0 aromatic heterocycles. The van der Waals surface area contributed by atoms with Crippen LogP contribution in [-0.4, -0.2) is 37.0 Å². The van der Waals surface area contributed by atoms with Crippen molar-refractivity contribution in [3.05, 3.63) is 24.3 Å². The van der Waals surface area contributed by atoms with E-state index in [-0.39, 0.29) is 5.91 Å². The van der Waals surface area contributed by atoms with Crippen molar-refractivity contribution < 1.29 is 4.79 Å². The lowest BCUT2D eigenvalue weighted by molar-refractivity contribution is -0.114. The first kappa shape index (κ1) is 12.9. The van der Waals surface area contributed by atoms with E-state index >= 15 is 0 Å². The van der Waals surface area contributed by atoms with E-state index in [9.17, 15) is 4.79 Å². The molecule has 2 N–H and O–H groups in total. The number of carbonyl (C=O) groups is 1. The SMILES string of the molecule is CC(=O)Nc1ccc(NC2CCN(C)CC2)cc1. The van der Waals surface area contributed by atoms with Crippen molar-refractivity contribution in [3.8, 4) is 0 Å². The smallest absolute Gasteiger partial charge is 0.221 e. The van der Waals surface area contributed by atoms with Gasteiger partial charge in [-0.1, -0.05) is 0 Å². The van der Waals surface area contributed by atoms with Crippen LogP contribution in [0.15, 0.2) is 24.3 Å². The standard InChI is InChI=1S/C14H21N3O/c1-11(18)15-12-3-5-13(6-4-12)16-14-7-9-17(2)10-8-14/h3-6,14,16H,7-10H2,1-2H3,(H,15,18). The monoisotopic (exact) mass is 247 g/mol. The van der Waals surface area contributed by atoms with Crippen LogP contribution in [-0.2, 0) is 4.79 Å². The number of nitrogens with zero attached hydrogens (tertiary/aromatic N) is 1. The van der Waals surface area contributed by atoms with Crippen LogP contribution in [0.2, 0.25) is 0 Å². The number of nitrogens with one attached hydrogen (secondary N) is 2. The molecule has 18 heavy (non-hydrogen) atoms. The van der Waals surface area contributed by atoms with E-state index in [1.807, 2.05) is 24.3 Å². The van der Waals surface area contributed by atoms with Crippen LogP contribution >= 0.6 is 0 Å². The van der Waals surface area contributed by atoms with E-state index in [0.29, 0.717) is 6.04 Å². The van der Waals surface area contributed by atoms with Crippen molar-refractivity contribution in [1.82, 2.24) is 4.90 Å². The summed E-state index contributed by atoms with van der Waals surface area (Å²) in [7, 11) is 2.17. The van der Waals surface area contributed by atoms with Crippen molar-refractivity contribution >= 4 is 17.3 Å². The van der Waals surface area contributed by atoms with Gasteiger partial charge in [0.2, 0.25) is 5.91 Å². The molecule has 0 atom stereocenters. The maximum atomic E-state index is 10.9. The fourth-order valence-electron chi connectivity index (χ4n) is 2.24. The molecule has 1 heterocycles. The number of anilines is 2. The summed E-state index contributed by atoms with van der Waals surface area (Å²) in [6.07, 6.45) is 2.37. The molecule has 0 unspecified atom stereocenters. The number of hydrogen-bond donors (Lipinski definition) is 2. The van der Waals surface area contributed by atoms with Gasteiger partial charge in [0, 0.05) is 24.3 Å². The van der Waals surface area contributed by atoms with Gasteiger partial charge < -0.3 is 15.5 Å². The van der Waals surface area contributed by atoms with E-state index in [1.165, 1.54) is 19.8 Å². The highest BCUT2D eigenvalue weighted by Crippen LogP contribution is 2.18. The highest BCUT2D eigenvalue weighted by Gasteiger charge is 2.15. The lowest BCUT2D eigenvalue weighted by Gasteiger charge is -2.30. The molecule has 4 nitrogen and oxygen atoms in total. The van der Waals surface area contributed by atoms with Gasteiger partial charge in [0.1, 0.15) is 0 Å². The molecule has 0 radical (unpaired) electrons. The summed E-state index contributed by atoms with van der Waals surface area (Å²) in [6.45, 7) is 3.83. The Kier molecular flexibility index (Phi) is 4.20. The number of benzene rings is 1. The highest BCUT2D eigenvalue weighted by atomic mass is 16.1. The van der Waals surface area contributed by atoms with Crippen molar-refractivity contribution in [2.75, 3.05) is 30.8 Å². The molecule has 0 aliphatic carbocycles. The number of likely N-dealkylation sites (tertiary alicyclic amines) is 1. The molecule has 0 saturated carbocycles. The summed E-state index contributed by atoms with van der Waals surface area (Å²) >= 11 is 0. The van der Waals surface area contributed by atoms with E-state index in [1.54, 1.807) is 0 Å². The largest absolute Gasteiger partial charge is 0.382 e. The number of piperidine rings is 1. The summed E-state index contributed by atoms with van der Waals surface area (Å²) in [5.74, 6) is -0.0361. The molecule has 0 spiro atoms. The summed E-state index contributed by atoms with van der Waals surface area (Å²) in [4.78, 5) is 13.3. The Morgan fingerprint density at radius 3 is 2.28 bits per heavy atom. The molecule has 1 amide bonds. The molecule has 1 saturated heterocycles. The van der Waals surface area contributed by atoms with Gasteiger partial charge in [0.05, 0.1) is 0 Å². The second kappa shape index (κ2) is 5.87. The molecule has 2 rings (SSSR count). The lowest BCUT2D eigenvalue weighted by atomic mass is 10.1. The third-order valence-electron chi connectivity index (χ3n) is 3.29. The van der Waals surface area contributed by atoms with Crippen LogP contribution in [0.1, 0.15) is 19.8 Å². The van der Waals surface area contributed by atoms with Crippen molar-refractivity contribution in [1.29, 1.82) is 0 Å². The third-order valence-corrected chi connectivity index (χ3v) is 3.29. The van der Waals surface area contributed by atoms with Gasteiger partial charge >= 0.3 is 0 Å². The minimum absolute atomic E-state index is 0.0361. The van der Waals surface area contributed by atoms with Gasteiger partial charge in [0.15, 0.2) is 0 Å². The van der Waals surface area contributed by atoms with Gasteiger partial charge in [0.25, 0.3) is 0 Å². The van der Waals surface area contributed by atoms with Crippen LogP contribution < -0.4 is 10.6 Å². The maximum Gasteiger partial charge on any atom is 0.221 e. The Labute approximate surface area is 108 Å². The fourth-order valence-corrected chi connectivity index (χ4v) is 2.24. The Hall–Kier alpha value is -1.55. The zero-order valence-electron chi connectivity index (χ0n) is 11.1. The Bertz CT molecular complexity index is 394. The minimum Gasteiger partial charge on any atom is -0.382 e.